The van der Waals surface area contributed by atoms with E-state index in [2.05, 4.69) is 5.32 Å². The predicted molar refractivity (Wildman–Crippen MR) is 84.7 cm³/mol. The summed E-state index contributed by atoms with van der Waals surface area (Å²) in [6.07, 6.45) is 0.664. The molecule has 0 heterocycles. The SMILES string of the molecule is Cc1cc(NC(=O)c2ccccc2CCN)c(C)cc1O. The van der Waals surface area contributed by atoms with Gasteiger partial charge in [-0.15, -0.1) is 0 Å². The lowest BCUT2D eigenvalue weighted by atomic mass is 10.0. The molecule has 0 radical (unpaired) electrons. The second kappa shape index (κ2) is 6.41. The average Bonchev–Trinajstić information content (AvgIpc) is 2.45. The van der Waals surface area contributed by atoms with Crippen LogP contribution in [0.3, 0.4) is 0 Å². The lowest BCUT2D eigenvalue weighted by Gasteiger charge is -2.13. The summed E-state index contributed by atoms with van der Waals surface area (Å²) >= 11 is 0. The molecule has 2 aromatic rings. The summed E-state index contributed by atoms with van der Waals surface area (Å²) < 4.78 is 0. The van der Waals surface area contributed by atoms with E-state index in [1.807, 2.05) is 25.1 Å². The zero-order chi connectivity index (χ0) is 15.4. The molecule has 0 saturated carbocycles. The van der Waals surface area contributed by atoms with E-state index in [1.54, 1.807) is 25.1 Å². The average molecular weight is 284 g/mol. The largest absolute Gasteiger partial charge is 0.508 e. The quantitative estimate of drug-likeness (QED) is 0.756. The molecule has 4 nitrogen and oxygen atoms in total. The van der Waals surface area contributed by atoms with Crippen LogP contribution < -0.4 is 11.1 Å². The number of hydrogen-bond acceptors (Lipinski definition) is 3. The van der Waals surface area contributed by atoms with Gasteiger partial charge in [0, 0.05) is 11.3 Å². The van der Waals surface area contributed by atoms with E-state index in [0.29, 0.717) is 24.2 Å². The van der Waals surface area contributed by atoms with Crippen LogP contribution >= 0.6 is 0 Å². The van der Waals surface area contributed by atoms with Crippen LogP contribution in [0.5, 0.6) is 5.75 Å². The van der Waals surface area contributed by atoms with Crippen LogP contribution in [0, 0.1) is 13.8 Å². The van der Waals surface area contributed by atoms with Crippen LogP contribution in [-0.4, -0.2) is 17.6 Å². The summed E-state index contributed by atoms with van der Waals surface area (Å²) in [5.74, 6) is 0.0706. The van der Waals surface area contributed by atoms with Crippen molar-refractivity contribution in [2.24, 2.45) is 5.73 Å². The van der Waals surface area contributed by atoms with Gasteiger partial charge in [0.2, 0.25) is 0 Å². The molecule has 0 aliphatic heterocycles. The number of nitrogens with one attached hydrogen (secondary N) is 1. The van der Waals surface area contributed by atoms with Crippen molar-refractivity contribution in [2.45, 2.75) is 20.3 Å². The molecule has 0 unspecified atom stereocenters. The Labute approximate surface area is 124 Å². The molecule has 1 amide bonds. The van der Waals surface area contributed by atoms with Crippen molar-refractivity contribution < 1.29 is 9.90 Å². The first kappa shape index (κ1) is 15.1. The van der Waals surface area contributed by atoms with Gasteiger partial charge in [0.25, 0.3) is 5.91 Å². The van der Waals surface area contributed by atoms with Crippen molar-refractivity contribution in [2.75, 3.05) is 11.9 Å². The molecule has 0 aliphatic rings. The Bertz CT molecular complexity index is 666. The number of rotatable bonds is 4. The first-order valence-electron chi connectivity index (χ1n) is 6.92. The Balaban J connectivity index is 2.28. The smallest absolute Gasteiger partial charge is 0.255 e. The molecule has 2 rings (SSSR count). The standard InChI is InChI=1S/C17H20N2O2/c1-11-10-16(20)12(2)9-15(11)19-17(21)14-6-4-3-5-13(14)7-8-18/h3-6,9-10,20H,7-8,18H2,1-2H3,(H,19,21). The maximum atomic E-state index is 12.4. The third kappa shape index (κ3) is 3.41. The summed E-state index contributed by atoms with van der Waals surface area (Å²) in [7, 11) is 0. The minimum Gasteiger partial charge on any atom is -0.508 e. The molecule has 0 bridgehead atoms. The fourth-order valence-electron chi connectivity index (χ4n) is 2.24. The van der Waals surface area contributed by atoms with Gasteiger partial charge in [-0.1, -0.05) is 18.2 Å². The number of anilines is 1. The number of aromatic hydroxyl groups is 1. The number of hydrogen-bond donors (Lipinski definition) is 3. The Kier molecular flexibility index (Phi) is 4.60. The van der Waals surface area contributed by atoms with Crippen LogP contribution in [0.15, 0.2) is 36.4 Å². The number of carbonyl (C=O) groups excluding carboxylic acids is 1. The Morgan fingerprint density at radius 2 is 1.90 bits per heavy atom. The summed E-state index contributed by atoms with van der Waals surface area (Å²) in [6, 6.07) is 10.9. The third-order valence-corrected chi connectivity index (χ3v) is 3.47. The van der Waals surface area contributed by atoms with Crippen LogP contribution in [-0.2, 0) is 6.42 Å². The molecule has 110 valence electrons. The molecule has 4 heteroatoms. The van der Waals surface area contributed by atoms with E-state index in [1.165, 1.54) is 0 Å². The molecule has 0 spiro atoms. The van der Waals surface area contributed by atoms with Gasteiger partial charge in [0.05, 0.1) is 0 Å². The van der Waals surface area contributed by atoms with E-state index in [0.717, 1.165) is 16.7 Å². The van der Waals surface area contributed by atoms with Crippen molar-refractivity contribution in [3.05, 3.63) is 58.7 Å². The van der Waals surface area contributed by atoms with E-state index < -0.39 is 0 Å². The van der Waals surface area contributed by atoms with Gasteiger partial charge in [-0.25, -0.2) is 0 Å². The van der Waals surface area contributed by atoms with Gasteiger partial charge in [-0.3, -0.25) is 4.79 Å². The molecule has 21 heavy (non-hydrogen) atoms. The summed E-state index contributed by atoms with van der Waals surface area (Å²) in [6.45, 7) is 4.15. The minimum atomic E-state index is -0.160. The van der Waals surface area contributed by atoms with Crippen molar-refractivity contribution in [1.29, 1.82) is 0 Å². The molecule has 0 aliphatic carbocycles. The fraction of sp³-hybridized carbons (Fsp3) is 0.235. The maximum Gasteiger partial charge on any atom is 0.255 e. The van der Waals surface area contributed by atoms with E-state index in [4.69, 9.17) is 5.73 Å². The number of phenolic OH excluding ortho intramolecular Hbond substituents is 1. The maximum absolute atomic E-state index is 12.4. The molecule has 0 fully saturated rings. The number of carbonyl (C=O) groups is 1. The Morgan fingerprint density at radius 3 is 2.62 bits per heavy atom. The summed E-state index contributed by atoms with van der Waals surface area (Å²) in [5.41, 5.74) is 9.41. The first-order valence-corrected chi connectivity index (χ1v) is 6.92. The van der Waals surface area contributed by atoms with Gasteiger partial charge in [-0.2, -0.15) is 0 Å². The highest BCUT2D eigenvalue weighted by Gasteiger charge is 2.12. The van der Waals surface area contributed by atoms with Gasteiger partial charge in [-0.05, 0) is 61.7 Å². The summed E-state index contributed by atoms with van der Waals surface area (Å²) in [4.78, 5) is 12.4. The van der Waals surface area contributed by atoms with E-state index >= 15 is 0 Å². The van der Waals surface area contributed by atoms with E-state index in [-0.39, 0.29) is 11.7 Å². The van der Waals surface area contributed by atoms with Crippen molar-refractivity contribution >= 4 is 11.6 Å². The van der Waals surface area contributed by atoms with E-state index in [9.17, 15) is 9.90 Å². The van der Waals surface area contributed by atoms with Gasteiger partial charge >= 0.3 is 0 Å². The third-order valence-electron chi connectivity index (χ3n) is 3.47. The van der Waals surface area contributed by atoms with Crippen molar-refractivity contribution in [3.8, 4) is 5.75 Å². The second-order valence-electron chi connectivity index (χ2n) is 5.10. The molecular formula is C17H20N2O2. The lowest BCUT2D eigenvalue weighted by molar-refractivity contribution is 0.102. The molecule has 2 aromatic carbocycles. The van der Waals surface area contributed by atoms with Crippen molar-refractivity contribution in [1.82, 2.24) is 0 Å². The van der Waals surface area contributed by atoms with Gasteiger partial charge < -0.3 is 16.2 Å². The molecule has 0 atom stereocenters. The number of phenols is 1. The lowest BCUT2D eigenvalue weighted by Crippen LogP contribution is -2.16. The molecule has 0 aromatic heterocycles. The highest BCUT2D eigenvalue weighted by Crippen LogP contribution is 2.25. The number of nitrogens with two attached hydrogens (primary N) is 1. The number of benzene rings is 2. The van der Waals surface area contributed by atoms with Crippen LogP contribution in [0.2, 0.25) is 0 Å². The molecule has 4 N–H and O–H groups in total. The predicted octanol–water partition coefficient (Wildman–Crippen LogP) is 2.76. The second-order valence-corrected chi connectivity index (χ2v) is 5.10. The topological polar surface area (TPSA) is 75.4 Å². The van der Waals surface area contributed by atoms with Crippen LogP contribution in [0.25, 0.3) is 0 Å². The van der Waals surface area contributed by atoms with Crippen LogP contribution in [0.4, 0.5) is 5.69 Å². The molecule has 0 saturated heterocycles. The zero-order valence-corrected chi connectivity index (χ0v) is 12.3. The minimum absolute atomic E-state index is 0.160. The number of aryl methyl sites for hydroxylation is 2. The normalized spacial score (nSPS) is 10.4. The van der Waals surface area contributed by atoms with Crippen molar-refractivity contribution in [3.63, 3.8) is 0 Å². The fourth-order valence-corrected chi connectivity index (χ4v) is 2.24. The number of amides is 1. The Morgan fingerprint density at radius 1 is 1.19 bits per heavy atom. The molecular weight excluding hydrogens is 264 g/mol. The summed E-state index contributed by atoms with van der Waals surface area (Å²) in [5, 5.41) is 12.6. The zero-order valence-electron chi connectivity index (χ0n) is 12.3. The Hall–Kier alpha value is -2.33. The monoisotopic (exact) mass is 284 g/mol. The highest BCUT2D eigenvalue weighted by atomic mass is 16.3. The van der Waals surface area contributed by atoms with Gasteiger partial charge in [0.1, 0.15) is 5.75 Å². The van der Waals surface area contributed by atoms with Gasteiger partial charge in [0.15, 0.2) is 0 Å². The highest BCUT2D eigenvalue weighted by molar-refractivity contribution is 6.05. The first-order chi connectivity index (χ1) is 10.0. The van der Waals surface area contributed by atoms with Crippen LogP contribution in [0.1, 0.15) is 27.0 Å².